The average molecular weight is 732 g/mol. The van der Waals surface area contributed by atoms with Crippen LogP contribution in [-0.4, -0.2) is 11.8 Å². The van der Waals surface area contributed by atoms with Crippen molar-refractivity contribution in [1.29, 1.82) is 0 Å². The van der Waals surface area contributed by atoms with Crippen LogP contribution in [0.5, 0.6) is 0 Å². The zero-order valence-electron chi connectivity index (χ0n) is 32.2. The Kier molecular flexibility index (Phi) is 6.46. The molecule has 1 heterocycles. The Labute approximate surface area is 329 Å². The number of hydrogen-bond donors (Lipinski definition) is 0. The van der Waals surface area contributed by atoms with Gasteiger partial charge in [-0.2, -0.15) is 0 Å². The number of carbonyl (C=O) groups is 2. The van der Waals surface area contributed by atoms with E-state index in [4.69, 9.17) is 0 Å². The summed E-state index contributed by atoms with van der Waals surface area (Å²) >= 11 is 0. The third kappa shape index (κ3) is 4.11. The number of benzene rings is 11. The van der Waals surface area contributed by atoms with E-state index in [2.05, 4.69) is 149 Å². The van der Waals surface area contributed by atoms with Crippen LogP contribution >= 0.6 is 0 Å². The molecule has 0 radical (unpaired) electrons. The highest BCUT2D eigenvalue weighted by Gasteiger charge is 2.38. The van der Waals surface area contributed by atoms with E-state index in [1.807, 2.05) is 18.2 Å². The summed E-state index contributed by atoms with van der Waals surface area (Å²) in [6.07, 6.45) is 0. The fourth-order valence-corrected chi connectivity index (χ4v) is 10.6. The van der Waals surface area contributed by atoms with Crippen LogP contribution in [-0.2, 0) is 0 Å². The highest BCUT2D eigenvalue weighted by atomic mass is 16.2. The van der Waals surface area contributed by atoms with Gasteiger partial charge in [-0.15, -0.1) is 0 Å². The summed E-state index contributed by atoms with van der Waals surface area (Å²) in [5.74, 6) is -0.238. The molecule has 0 aromatic heterocycles. The van der Waals surface area contributed by atoms with Gasteiger partial charge in [-0.1, -0.05) is 155 Å². The lowest BCUT2D eigenvalue weighted by Crippen LogP contribution is -2.41. The Morgan fingerprint density at radius 2 is 0.684 bits per heavy atom. The number of para-hydroxylation sites is 1. The van der Waals surface area contributed by atoms with Crippen molar-refractivity contribution >= 4 is 104 Å². The number of rotatable bonds is 4. The van der Waals surface area contributed by atoms with Gasteiger partial charge in [-0.05, 0) is 127 Å². The van der Waals surface area contributed by atoms with Gasteiger partial charge < -0.3 is 0 Å². The number of nitrogens with zero attached hydrogens (tertiary/aromatic N) is 1. The number of fused-ring (bicyclic) bond motifs is 4. The van der Waals surface area contributed by atoms with Gasteiger partial charge in [0, 0.05) is 16.5 Å². The maximum atomic E-state index is 14.7. The number of hydrogen-bond acceptors (Lipinski definition) is 2. The maximum absolute atomic E-state index is 14.7. The molecular weight excluding hydrogens is 695 g/mol. The van der Waals surface area contributed by atoms with E-state index < -0.39 is 0 Å². The molecule has 0 saturated carbocycles. The van der Waals surface area contributed by atoms with E-state index in [1.54, 1.807) is 0 Å². The molecule has 0 saturated heterocycles. The monoisotopic (exact) mass is 731 g/mol. The van der Waals surface area contributed by atoms with Gasteiger partial charge in [-0.3, -0.25) is 9.59 Å². The minimum absolute atomic E-state index is 0.138. The minimum atomic E-state index is -0.257. The van der Waals surface area contributed by atoms with Crippen molar-refractivity contribution in [3.63, 3.8) is 0 Å². The van der Waals surface area contributed by atoms with Crippen molar-refractivity contribution in [2.24, 2.45) is 0 Å². The van der Waals surface area contributed by atoms with Crippen LogP contribution in [0.15, 0.2) is 140 Å². The van der Waals surface area contributed by atoms with Gasteiger partial charge in [0.05, 0.1) is 5.69 Å². The minimum Gasteiger partial charge on any atom is -0.268 e. The quantitative estimate of drug-likeness (QED) is 0.103. The van der Waals surface area contributed by atoms with Crippen molar-refractivity contribution in [2.45, 2.75) is 39.5 Å². The second-order valence-corrected chi connectivity index (χ2v) is 16.6. The molecule has 0 aliphatic carbocycles. The molecule has 11 aromatic rings. The first-order valence-corrected chi connectivity index (χ1v) is 20.1. The van der Waals surface area contributed by atoms with Crippen LogP contribution < -0.4 is 4.90 Å². The first kappa shape index (κ1) is 32.4. The summed E-state index contributed by atoms with van der Waals surface area (Å²) in [4.78, 5) is 30.9. The highest BCUT2D eigenvalue weighted by Crippen LogP contribution is 2.49. The van der Waals surface area contributed by atoms with E-state index >= 15 is 0 Å². The summed E-state index contributed by atoms with van der Waals surface area (Å²) < 4.78 is 0. The summed E-state index contributed by atoms with van der Waals surface area (Å²) in [6.45, 7) is 8.49. The predicted molar refractivity (Wildman–Crippen MR) is 240 cm³/mol. The lowest BCUT2D eigenvalue weighted by atomic mass is 9.82. The smallest absolute Gasteiger partial charge is 0.266 e. The van der Waals surface area contributed by atoms with Crippen molar-refractivity contribution in [2.75, 3.05) is 4.90 Å². The van der Waals surface area contributed by atoms with E-state index in [9.17, 15) is 9.59 Å². The number of amides is 2. The van der Waals surface area contributed by atoms with Crippen LogP contribution in [0.2, 0.25) is 0 Å². The first-order valence-electron chi connectivity index (χ1n) is 20.1. The third-order valence-electron chi connectivity index (χ3n) is 13.0. The Balaban J connectivity index is 1.11. The second-order valence-electron chi connectivity index (χ2n) is 16.6. The molecule has 11 aromatic carbocycles. The molecule has 3 heteroatoms. The largest absolute Gasteiger partial charge is 0.268 e. The Bertz CT molecular complexity index is 3430. The summed E-state index contributed by atoms with van der Waals surface area (Å²) in [5, 5.41) is 18.8. The molecule has 2 amide bonds. The standard InChI is InChI=1S/C54H37NO2/c1-28(2)31-12-7-13-32(29(3)4)52(31)55-53(56)45-26-24-43-40-19-9-17-36-34(21-23-42(49(36)40)44-25-27-46(54(55)57)51(45)50(43)44)33-20-22-41-38-15-6-11-30-10-5-14-37(47(30)38)39-18-8-16-35(33)48(39)41/h5-29H,1-4H3. The van der Waals surface area contributed by atoms with E-state index in [0.29, 0.717) is 11.1 Å². The van der Waals surface area contributed by atoms with Gasteiger partial charge in [0.25, 0.3) is 11.8 Å². The molecule has 0 fully saturated rings. The van der Waals surface area contributed by atoms with Crippen molar-refractivity contribution in [3.05, 3.63) is 162 Å². The van der Waals surface area contributed by atoms with Crippen LogP contribution in [0.3, 0.4) is 0 Å². The predicted octanol–water partition coefficient (Wildman–Crippen LogP) is 14.5. The Hall–Kier alpha value is -6.84. The average Bonchev–Trinajstić information content (AvgIpc) is 3.23. The summed E-state index contributed by atoms with van der Waals surface area (Å²) in [5.41, 5.74) is 6.30. The molecule has 270 valence electrons. The highest BCUT2D eigenvalue weighted by molar-refractivity contribution is 6.43. The topological polar surface area (TPSA) is 37.4 Å². The molecule has 0 spiro atoms. The molecule has 1 aliphatic rings. The van der Waals surface area contributed by atoms with Gasteiger partial charge in [-0.25, -0.2) is 4.90 Å². The van der Waals surface area contributed by atoms with Crippen LogP contribution in [0, 0.1) is 0 Å². The normalized spacial score (nSPS) is 13.6. The number of carbonyl (C=O) groups excluding carboxylic acids is 2. The molecule has 0 atom stereocenters. The lowest BCUT2D eigenvalue weighted by molar-refractivity contribution is 0.0893. The molecule has 1 aliphatic heterocycles. The second kappa shape index (κ2) is 11.4. The molecule has 0 N–H and O–H groups in total. The zero-order chi connectivity index (χ0) is 38.4. The third-order valence-corrected chi connectivity index (χ3v) is 13.0. The Morgan fingerprint density at radius 1 is 0.333 bits per heavy atom. The molecular formula is C54H37NO2. The molecule has 12 rings (SSSR count). The molecule has 57 heavy (non-hydrogen) atoms. The van der Waals surface area contributed by atoms with E-state index in [0.717, 1.165) is 49.1 Å². The lowest BCUT2D eigenvalue weighted by Gasteiger charge is -2.32. The fourth-order valence-electron chi connectivity index (χ4n) is 10.6. The van der Waals surface area contributed by atoms with Crippen molar-refractivity contribution in [1.82, 2.24) is 0 Å². The SMILES string of the molecule is CC(C)c1cccc(C(C)C)c1N1C(=O)c2ccc3c4cccc5c(-c6ccc7c8cccc9cccc(c%10cccc6c%107)c98)ccc(c6ccc(c2c36)C1=O)c54. The van der Waals surface area contributed by atoms with Gasteiger partial charge in [0.15, 0.2) is 0 Å². The Morgan fingerprint density at radius 3 is 1.14 bits per heavy atom. The van der Waals surface area contributed by atoms with Crippen LogP contribution in [0.4, 0.5) is 5.69 Å². The fraction of sp³-hybridized carbons (Fsp3) is 0.111. The van der Waals surface area contributed by atoms with Crippen LogP contribution in [0.25, 0.3) is 97.3 Å². The maximum Gasteiger partial charge on any atom is 0.266 e. The van der Waals surface area contributed by atoms with Crippen LogP contribution in [0.1, 0.15) is 71.4 Å². The molecule has 0 bridgehead atoms. The van der Waals surface area contributed by atoms with E-state index in [1.165, 1.54) is 69.9 Å². The number of anilines is 1. The summed E-state index contributed by atoms with van der Waals surface area (Å²) in [7, 11) is 0. The van der Waals surface area contributed by atoms with Gasteiger partial charge >= 0.3 is 0 Å². The van der Waals surface area contributed by atoms with Gasteiger partial charge in [0.1, 0.15) is 0 Å². The van der Waals surface area contributed by atoms with Crippen molar-refractivity contribution < 1.29 is 9.59 Å². The summed E-state index contributed by atoms with van der Waals surface area (Å²) in [6, 6.07) is 50.1. The number of imide groups is 1. The zero-order valence-corrected chi connectivity index (χ0v) is 32.2. The first-order chi connectivity index (χ1) is 27.8. The molecule has 3 nitrogen and oxygen atoms in total. The van der Waals surface area contributed by atoms with E-state index in [-0.39, 0.29) is 23.7 Å². The van der Waals surface area contributed by atoms with Gasteiger partial charge in [0.2, 0.25) is 0 Å². The molecule has 0 unspecified atom stereocenters. The van der Waals surface area contributed by atoms with Crippen molar-refractivity contribution in [3.8, 4) is 11.1 Å².